The maximum Gasteiger partial charge on any atom is 0.253 e. The standard InChI is InChI=1S/C22H23Cl2N3O3/c1-15(25-20(28)17-9-5-10-18(23)19(17)24)21(29)26-11-6-12-27(14-13-26)22(30)16-7-3-2-4-8-16/h2-5,7-10,15H,6,11-14H2,1H3,(H,25,28). The van der Waals surface area contributed by atoms with Gasteiger partial charge in [0, 0.05) is 31.7 Å². The summed E-state index contributed by atoms with van der Waals surface area (Å²) in [5, 5.41) is 3.12. The summed E-state index contributed by atoms with van der Waals surface area (Å²) in [6, 6.07) is 13.1. The summed E-state index contributed by atoms with van der Waals surface area (Å²) in [4.78, 5) is 41.5. The molecule has 8 heteroatoms. The van der Waals surface area contributed by atoms with Crippen molar-refractivity contribution in [2.24, 2.45) is 0 Å². The lowest BCUT2D eigenvalue weighted by Crippen LogP contribution is -2.48. The van der Waals surface area contributed by atoms with Gasteiger partial charge in [0.2, 0.25) is 5.91 Å². The molecule has 2 aromatic carbocycles. The molecule has 1 fully saturated rings. The van der Waals surface area contributed by atoms with Crippen LogP contribution >= 0.6 is 23.2 Å². The van der Waals surface area contributed by atoms with E-state index in [1.807, 2.05) is 18.2 Å². The van der Waals surface area contributed by atoms with Crippen molar-refractivity contribution >= 4 is 40.9 Å². The third-order valence-corrected chi connectivity index (χ3v) is 5.85. The number of nitrogens with zero attached hydrogens (tertiary/aromatic N) is 2. The van der Waals surface area contributed by atoms with E-state index in [1.165, 1.54) is 0 Å². The number of nitrogens with one attached hydrogen (secondary N) is 1. The molecule has 6 nitrogen and oxygen atoms in total. The first-order valence-corrected chi connectivity index (χ1v) is 10.5. The summed E-state index contributed by atoms with van der Waals surface area (Å²) in [5.41, 5.74) is 0.857. The molecule has 1 atom stereocenters. The van der Waals surface area contributed by atoms with Gasteiger partial charge in [-0.3, -0.25) is 14.4 Å². The van der Waals surface area contributed by atoms with E-state index >= 15 is 0 Å². The van der Waals surface area contributed by atoms with Crippen molar-refractivity contribution < 1.29 is 14.4 Å². The van der Waals surface area contributed by atoms with Crippen molar-refractivity contribution in [1.82, 2.24) is 15.1 Å². The second-order valence-electron chi connectivity index (χ2n) is 7.13. The zero-order chi connectivity index (χ0) is 21.7. The zero-order valence-corrected chi connectivity index (χ0v) is 18.1. The predicted molar refractivity (Wildman–Crippen MR) is 117 cm³/mol. The Morgan fingerprint density at radius 3 is 2.30 bits per heavy atom. The van der Waals surface area contributed by atoms with Crippen LogP contribution in [0.5, 0.6) is 0 Å². The Morgan fingerprint density at radius 2 is 1.57 bits per heavy atom. The van der Waals surface area contributed by atoms with Crippen molar-refractivity contribution in [3.05, 3.63) is 69.7 Å². The minimum atomic E-state index is -0.732. The van der Waals surface area contributed by atoms with E-state index in [0.717, 1.165) is 0 Å². The van der Waals surface area contributed by atoms with E-state index in [4.69, 9.17) is 23.2 Å². The summed E-state index contributed by atoms with van der Waals surface area (Å²) >= 11 is 12.1. The highest BCUT2D eigenvalue weighted by atomic mass is 35.5. The largest absolute Gasteiger partial charge is 0.340 e. The van der Waals surface area contributed by atoms with Gasteiger partial charge in [-0.25, -0.2) is 0 Å². The maximum atomic E-state index is 12.9. The van der Waals surface area contributed by atoms with Gasteiger partial charge in [0.15, 0.2) is 0 Å². The fraction of sp³-hybridized carbons (Fsp3) is 0.318. The lowest BCUT2D eigenvalue weighted by atomic mass is 10.2. The number of carbonyl (C=O) groups is 3. The Hall–Kier alpha value is -2.57. The molecule has 2 aromatic rings. The van der Waals surface area contributed by atoms with Crippen LogP contribution in [0.3, 0.4) is 0 Å². The van der Waals surface area contributed by atoms with E-state index in [1.54, 1.807) is 47.1 Å². The minimum absolute atomic E-state index is 0.0400. The molecule has 0 bridgehead atoms. The molecule has 1 unspecified atom stereocenters. The number of amides is 3. The van der Waals surface area contributed by atoms with Crippen LogP contribution < -0.4 is 5.32 Å². The first kappa shape index (κ1) is 22.1. The van der Waals surface area contributed by atoms with E-state index < -0.39 is 11.9 Å². The molecule has 158 valence electrons. The second kappa shape index (κ2) is 9.96. The van der Waals surface area contributed by atoms with E-state index in [-0.39, 0.29) is 27.4 Å². The SMILES string of the molecule is CC(NC(=O)c1cccc(Cl)c1Cl)C(=O)N1CCCN(C(=O)c2ccccc2)CC1. The van der Waals surface area contributed by atoms with Gasteiger partial charge >= 0.3 is 0 Å². The Balaban J connectivity index is 1.59. The Kier molecular flexibility index (Phi) is 7.34. The van der Waals surface area contributed by atoms with Crippen LogP contribution in [0.1, 0.15) is 34.1 Å². The molecule has 0 aromatic heterocycles. The molecule has 1 aliphatic rings. The third-order valence-electron chi connectivity index (χ3n) is 5.03. The molecule has 1 heterocycles. The summed E-state index contributed by atoms with van der Waals surface area (Å²) in [6.07, 6.45) is 0.672. The highest BCUT2D eigenvalue weighted by molar-refractivity contribution is 6.43. The zero-order valence-electron chi connectivity index (χ0n) is 16.6. The number of hydrogen-bond acceptors (Lipinski definition) is 3. The maximum absolute atomic E-state index is 12.9. The summed E-state index contributed by atoms with van der Waals surface area (Å²) in [7, 11) is 0. The monoisotopic (exact) mass is 447 g/mol. The van der Waals surface area contributed by atoms with Crippen molar-refractivity contribution in [2.75, 3.05) is 26.2 Å². The molecule has 30 heavy (non-hydrogen) atoms. The molecule has 0 saturated carbocycles. The molecule has 3 rings (SSSR count). The van der Waals surface area contributed by atoms with Crippen molar-refractivity contribution in [2.45, 2.75) is 19.4 Å². The summed E-state index contributed by atoms with van der Waals surface area (Å²) in [5.74, 6) is -0.698. The number of benzene rings is 2. The fourth-order valence-corrected chi connectivity index (χ4v) is 3.78. The molecule has 3 amide bonds. The van der Waals surface area contributed by atoms with Crippen LogP contribution in [0.4, 0.5) is 0 Å². The van der Waals surface area contributed by atoms with Gasteiger partial charge in [0.1, 0.15) is 6.04 Å². The highest BCUT2D eigenvalue weighted by Crippen LogP contribution is 2.25. The Labute approximate surface area is 185 Å². The molecule has 0 spiro atoms. The topological polar surface area (TPSA) is 69.7 Å². The highest BCUT2D eigenvalue weighted by Gasteiger charge is 2.27. The summed E-state index contributed by atoms with van der Waals surface area (Å²) < 4.78 is 0. The van der Waals surface area contributed by atoms with Gasteiger partial charge in [0.05, 0.1) is 15.6 Å². The van der Waals surface area contributed by atoms with E-state index in [9.17, 15) is 14.4 Å². The van der Waals surface area contributed by atoms with Crippen molar-refractivity contribution in [3.8, 4) is 0 Å². The molecule has 0 radical (unpaired) electrons. The predicted octanol–water partition coefficient (Wildman–Crippen LogP) is 3.49. The number of carbonyl (C=O) groups excluding carboxylic acids is 3. The third kappa shape index (κ3) is 5.12. The molecule has 1 saturated heterocycles. The van der Waals surface area contributed by atoms with Gasteiger partial charge in [-0.1, -0.05) is 47.5 Å². The van der Waals surface area contributed by atoms with Gasteiger partial charge in [-0.2, -0.15) is 0 Å². The first-order chi connectivity index (χ1) is 14.4. The van der Waals surface area contributed by atoms with Crippen LogP contribution in [0.25, 0.3) is 0 Å². The van der Waals surface area contributed by atoms with Crippen LogP contribution in [0.15, 0.2) is 48.5 Å². The molecular weight excluding hydrogens is 425 g/mol. The van der Waals surface area contributed by atoms with Crippen LogP contribution in [-0.2, 0) is 4.79 Å². The fourth-order valence-electron chi connectivity index (χ4n) is 3.39. The van der Waals surface area contributed by atoms with Gasteiger partial charge in [-0.05, 0) is 37.6 Å². The number of halogens is 2. The molecule has 1 N–H and O–H groups in total. The van der Waals surface area contributed by atoms with Gasteiger partial charge in [-0.15, -0.1) is 0 Å². The number of rotatable bonds is 4. The van der Waals surface area contributed by atoms with Crippen LogP contribution in [-0.4, -0.2) is 59.7 Å². The van der Waals surface area contributed by atoms with E-state index in [2.05, 4.69) is 5.32 Å². The average Bonchev–Trinajstić information content (AvgIpc) is 3.01. The van der Waals surface area contributed by atoms with Crippen molar-refractivity contribution in [1.29, 1.82) is 0 Å². The van der Waals surface area contributed by atoms with Crippen molar-refractivity contribution in [3.63, 3.8) is 0 Å². The second-order valence-corrected chi connectivity index (χ2v) is 7.92. The number of hydrogen-bond donors (Lipinski definition) is 1. The summed E-state index contributed by atoms with van der Waals surface area (Å²) in [6.45, 7) is 3.60. The van der Waals surface area contributed by atoms with Gasteiger partial charge < -0.3 is 15.1 Å². The van der Waals surface area contributed by atoms with Crippen LogP contribution in [0.2, 0.25) is 10.0 Å². The Morgan fingerprint density at radius 1 is 0.900 bits per heavy atom. The molecule has 1 aliphatic heterocycles. The molecular formula is C22H23Cl2N3O3. The smallest absolute Gasteiger partial charge is 0.253 e. The Bertz CT molecular complexity index is 936. The molecule has 0 aliphatic carbocycles. The lowest BCUT2D eigenvalue weighted by molar-refractivity contribution is -0.132. The average molecular weight is 448 g/mol. The van der Waals surface area contributed by atoms with E-state index in [0.29, 0.717) is 38.2 Å². The van der Waals surface area contributed by atoms with Gasteiger partial charge in [0.25, 0.3) is 11.8 Å². The lowest BCUT2D eigenvalue weighted by Gasteiger charge is -2.25. The first-order valence-electron chi connectivity index (χ1n) is 9.76. The minimum Gasteiger partial charge on any atom is -0.340 e. The van der Waals surface area contributed by atoms with Crippen LogP contribution in [0, 0.1) is 0 Å². The quantitative estimate of drug-likeness (QED) is 0.779. The normalized spacial score (nSPS) is 15.3.